The van der Waals surface area contributed by atoms with E-state index in [4.69, 9.17) is 4.74 Å². The molecule has 0 aliphatic carbocycles. The van der Waals surface area contributed by atoms with Crippen molar-refractivity contribution < 1.29 is 19.4 Å². The molecule has 2 atom stereocenters. The number of alkyl carbamates (subject to hydrolysis) is 1. The summed E-state index contributed by atoms with van der Waals surface area (Å²) in [6, 6.07) is 8.60. The Morgan fingerprint density at radius 1 is 1.23 bits per heavy atom. The average molecular weight is 307 g/mol. The first-order chi connectivity index (χ1) is 10.2. The van der Waals surface area contributed by atoms with Gasteiger partial charge in [0.05, 0.1) is 0 Å². The van der Waals surface area contributed by atoms with E-state index in [9.17, 15) is 14.7 Å². The molecular formula is C17H25NO4. The number of benzene rings is 1. The third-order valence-corrected chi connectivity index (χ3v) is 3.01. The quantitative estimate of drug-likeness (QED) is 0.847. The average Bonchev–Trinajstić information content (AvgIpc) is 2.42. The summed E-state index contributed by atoms with van der Waals surface area (Å²) in [5, 5.41) is 12.7. The van der Waals surface area contributed by atoms with Gasteiger partial charge in [0.15, 0.2) is 5.78 Å². The van der Waals surface area contributed by atoms with Gasteiger partial charge in [-0.1, -0.05) is 30.3 Å². The molecule has 5 heteroatoms. The lowest BCUT2D eigenvalue weighted by molar-refractivity contribution is -0.127. The maximum atomic E-state index is 12.0. The fourth-order valence-electron chi connectivity index (χ4n) is 1.90. The van der Waals surface area contributed by atoms with E-state index in [-0.39, 0.29) is 18.2 Å². The lowest BCUT2D eigenvalue weighted by Crippen LogP contribution is -2.38. The molecule has 2 N–H and O–H groups in total. The second-order valence-electron chi connectivity index (χ2n) is 6.37. The van der Waals surface area contributed by atoms with E-state index < -0.39 is 17.8 Å². The lowest BCUT2D eigenvalue weighted by Gasteiger charge is -2.22. The van der Waals surface area contributed by atoms with Crippen molar-refractivity contribution in [2.45, 2.75) is 58.3 Å². The molecule has 1 aromatic rings. The topological polar surface area (TPSA) is 75.6 Å². The number of carbonyl (C=O) groups is 2. The summed E-state index contributed by atoms with van der Waals surface area (Å²) in [6.07, 6.45) is -0.986. The van der Waals surface area contributed by atoms with Crippen molar-refractivity contribution in [1.82, 2.24) is 5.32 Å². The van der Waals surface area contributed by atoms with E-state index in [0.717, 1.165) is 0 Å². The molecule has 122 valence electrons. The third kappa shape index (κ3) is 6.72. The molecule has 22 heavy (non-hydrogen) atoms. The van der Waals surface area contributed by atoms with Gasteiger partial charge in [0.1, 0.15) is 11.7 Å². The highest BCUT2D eigenvalue weighted by Gasteiger charge is 2.20. The molecule has 1 rings (SSSR count). The van der Waals surface area contributed by atoms with Crippen molar-refractivity contribution in [3.63, 3.8) is 0 Å². The summed E-state index contributed by atoms with van der Waals surface area (Å²) in [5.74, 6) is -0.260. The Balaban J connectivity index is 2.39. The molecule has 5 nitrogen and oxygen atoms in total. The van der Waals surface area contributed by atoms with E-state index in [2.05, 4.69) is 5.32 Å². The fourth-order valence-corrected chi connectivity index (χ4v) is 1.90. The summed E-state index contributed by atoms with van der Waals surface area (Å²) in [4.78, 5) is 23.6. The monoisotopic (exact) mass is 307 g/mol. The van der Waals surface area contributed by atoms with Crippen molar-refractivity contribution in [2.24, 2.45) is 0 Å². The SMILES string of the molecule is C[C@H](CCC(=O)[C@@H](O)c1ccccc1)NC(=O)OC(C)(C)C. The lowest BCUT2D eigenvalue weighted by atomic mass is 10.0. The Bertz CT molecular complexity index is 493. The number of ether oxygens (including phenoxy) is 1. The van der Waals surface area contributed by atoms with Crippen LogP contribution in [0, 0.1) is 0 Å². The predicted molar refractivity (Wildman–Crippen MR) is 84.5 cm³/mol. The fraction of sp³-hybridized carbons (Fsp3) is 0.529. The zero-order chi connectivity index (χ0) is 16.8. The van der Waals surface area contributed by atoms with E-state index in [1.807, 2.05) is 6.07 Å². The van der Waals surface area contributed by atoms with Crippen LogP contribution < -0.4 is 5.32 Å². The molecule has 0 aromatic heterocycles. The number of aliphatic hydroxyl groups is 1. The van der Waals surface area contributed by atoms with Crippen LogP contribution in [0.3, 0.4) is 0 Å². The number of hydrogen-bond acceptors (Lipinski definition) is 4. The molecule has 0 saturated heterocycles. The zero-order valence-electron chi connectivity index (χ0n) is 13.6. The molecule has 0 fully saturated rings. The summed E-state index contributed by atoms with van der Waals surface area (Å²) in [7, 11) is 0. The van der Waals surface area contributed by atoms with Gasteiger partial charge in [-0.25, -0.2) is 4.79 Å². The van der Waals surface area contributed by atoms with Crippen LogP contribution in [0.25, 0.3) is 0 Å². The first-order valence-electron chi connectivity index (χ1n) is 7.44. The van der Waals surface area contributed by atoms with Gasteiger partial charge < -0.3 is 15.2 Å². The summed E-state index contributed by atoms with van der Waals surface area (Å²) in [6.45, 7) is 7.16. The smallest absolute Gasteiger partial charge is 0.407 e. The molecular weight excluding hydrogens is 282 g/mol. The minimum Gasteiger partial charge on any atom is -0.444 e. The summed E-state index contributed by atoms with van der Waals surface area (Å²) in [5.41, 5.74) is 0.0311. The van der Waals surface area contributed by atoms with E-state index in [0.29, 0.717) is 12.0 Å². The van der Waals surface area contributed by atoms with E-state index >= 15 is 0 Å². The largest absolute Gasteiger partial charge is 0.444 e. The predicted octanol–water partition coefficient (Wildman–Crippen LogP) is 2.98. The van der Waals surface area contributed by atoms with Gasteiger partial charge in [-0.05, 0) is 39.7 Å². The number of Topliss-reactive ketones (excluding diaryl/α,β-unsaturated/α-hetero) is 1. The Kier molecular flexibility index (Phi) is 6.56. The van der Waals surface area contributed by atoms with Crippen LogP contribution in [0.15, 0.2) is 30.3 Å². The van der Waals surface area contributed by atoms with Gasteiger partial charge in [-0.15, -0.1) is 0 Å². The van der Waals surface area contributed by atoms with Gasteiger partial charge in [-0.2, -0.15) is 0 Å². The zero-order valence-corrected chi connectivity index (χ0v) is 13.6. The number of carbonyl (C=O) groups excluding carboxylic acids is 2. The maximum Gasteiger partial charge on any atom is 0.407 e. The molecule has 1 amide bonds. The van der Waals surface area contributed by atoms with Crippen LogP contribution in [0.1, 0.15) is 52.2 Å². The van der Waals surface area contributed by atoms with Crippen molar-refractivity contribution in [2.75, 3.05) is 0 Å². The Labute approximate surface area is 131 Å². The van der Waals surface area contributed by atoms with Gasteiger partial charge in [0.25, 0.3) is 0 Å². The standard InChI is InChI=1S/C17H25NO4/c1-12(18-16(21)22-17(2,3)4)10-11-14(19)15(20)13-8-6-5-7-9-13/h5-9,12,15,20H,10-11H2,1-4H3,(H,18,21)/t12-,15+/m1/s1. The number of amides is 1. The van der Waals surface area contributed by atoms with Crippen LogP contribution in [-0.4, -0.2) is 28.6 Å². The highest BCUT2D eigenvalue weighted by molar-refractivity contribution is 5.84. The van der Waals surface area contributed by atoms with E-state index in [1.165, 1.54) is 0 Å². The maximum absolute atomic E-state index is 12.0. The third-order valence-electron chi connectivity index (χ3n) is 3.01. The van der Waals surface area contributed by atoms with Crippen LogP contribution in [-0.2, 0) is 9.53 Å². The number of rotatable bonds is 6. The molecule has 0 saturated carbocycles. The van der Waals surface area contributed by atoms with Crippen molar-refractivity contribution in [1.29, 1.82) is 0 Å². The van der Waals surface area contributed by atoms with Gasteiger partial charge in [-0.3, -0.25) is 4.79 Å². The minimum absolute atomic E-state index is 0.188. The second kappa shape index (κ2) is 7.94. The molecule has 1 aromatic carbocycles. The van der Waals surface area contributed by atoms with Crippen molar-refractivity contribution in [3.8, 4) is 0 Å². The summed E-state index contributed by atoms with van der Waals surface area (Å²) >= 11 is 0. The molecule has 0 bridgehead atoms. The number of nitrogens with one attached hydrogen (secondary N) is 1. The number of hydrogen-bond donors (Lipinski definition) is 2. The Hall–Kier alpha value is -1.88. The highest BCUT2D eigenvalue weighted by atomic mass is 16.6. The normalized spacial score (nSPS) is 14.0. The van der Waals surface area contributed by atoms with E-state index in [1.54, 1.807) is 52.0 Å². The Morgan fingerprint density at radius 3 is 2.36 bits per heavy atom. The second-order valence-corrected chi connectivity index (χ2v) is 6.37. The van der Waals surface area contributed by atoms with Gasteiger partial charge in [0.2, 0.25) is 0 Å². The molecule has 0 unspecified atom stereocenters. The molecule has 0 radical (unpaired) electrons. The van der Waals surface area contributed by atoms with Crippen LogP contribution >= 0.6 is 0 Å². The van der Waals surface area contributed by atoms with Crippen LogP contribution in [0.5, 0.6) is 0 Å². The molecule has 0 heterocycles. The highest BCUT2D eigenvalue weighted by Crippen LogP contribution is 2.16. The van der Waals surface area contributed by atoms with Gasteiger partial charge in [0, 0.05) is 12.5 Å². The molecule has 0 aliphatic rings. The first-order valence-corrected chi connectivity index (χ1v) is 7.44. The van der Waals surface area contributed by atoms with Crippen molar-refractivity contribution in [3.05, 3.63) is 35.9 Å². The number of ketones is 1. The Morgan fingerprint density at radius 2 is 1.82 bits per heavy atom. The summed E-state index contributed by atoms with van der Waals surface area (Å²) < 4.78 is 5.15. The minimum atomic E-state index is -1.12. The van der Waals surface area contributed by atoms with Crippen molar-refractivity contribution >= 4 is 11.9 Å². The molecule has 0 spiro atoms. The van der Waals surface area contributed by atoms with Gasteiger partial charge >= 0.3 is 6.09 Å². The number of aliphatic hydroxyl groups excluding tert-OH is 1. The molecule has 0 aliphatic heterocycles. The van der Waals surface area contributed by atoms with Crippen LogP contribution in [0.4, 0.5) is 4.79 Å². The first kappa shape index (κ1) is 18.2. The van der Waals surface area contributed by atoms with Crippen LogP contribution in [0.2, 0.25) is 0 Å².